The van der Waals surface area contributed by atoms with E-state index in [1.54, 1.807) is 24.3 Å². The molecule has 0 heterocycles. The fraction of sp³-hybridized carbons (Fsp3) is 0.278. The first kappa shape index (κ1) is 16.7. The van der Waals surface area contributed by atoms with Crippen LogP contribution < -0.4 is 5.32 Å². The molecule has 2 rings (SSSR count). The van der Waals surface area contributed by atoms with Gasteiger partial charge in [0.1, 0.15) is 0 Å². The Balaban J connectivity index is 1.80. The average Bonchev–Trinajstić information content (AvgIpc) is 2.55. The third-order valence-corrected chi connectivity index (χ3v) is 3.85. The van der Waals surface area contributed by atoms with Gasteiger partial charge in [-0.1, -0.05) is 41.9 Å². The van der Waals surface area contributed by atoms with Crippen LogP contribution in [0.2, 0.25) is 5.02 Å². The summed E-state index contributed by atoms with van der Waals surface area (Å²) in [5.41, 5.74) is 1.52. The number of carbonyl (C=O) groups is 1. The molecule has 0 saturated carbocycles. The van der Waals surface area contributed by atoms with Crippen molar-refractivity contribution in [1.82, 2.24) is 5.32 Å². The third kappa shape index (κ3) is 4.67. The number of rotatable bonds is 7. The summed E-state index contributed by atoms with van der Waals surface area (Å²) in [7, 11) is 0. The molecule has 0 fully saturated rings. The molecule has 0 unspecified atom stereocenters. The van der Waals surface area contributed by atoms with Crippen molar-refractivity contribution in [2.24, 2.45) is 0 Å². The molecule has 0 bridgehead atoms. The second kappa shape index (κ2) is 8.08. The largest absolute Gasteiger partial charge is 0.387 e. The van der Waals surface area contributed by atoms with Gasteiger partial charge in [-0.3, -0.25) is 4.79 Å². The number of carbonyl (C=O) groups excluding carboxylic acids is 1. The Labute approximate surface area is 135 Å². The van der Waals surface area contributed by atoms with Crippen LogP contribution >= 0.6 is 11.6 Å². The molecular formula is C18H20ClNO2. The van der Waals surface area contributed by atoms with Gasteiger partial charge in [-0.05, 0) is 36.8 Å². The molecule has 4 heteroatoms. The zero-order chi connectivity index (χ0) is 15.9. The number of ketones is 1. The minimum absolute atomic E-state index is 0.0607. The summed E-state index contributed by atoms with van der Waals surface area (Å²) in [5.74, 6) is 0.0607. The highest BCUT2D eigenvalue weighted by atomic mass is 35.5. The van der Waals surface area contributed by atoms with E-state index >= 15 is 0 Å². The first-order valence-electron chi connectivity index (χ1n) is 7.33. The van der Waals surface area contributed by atoms with Gasteiger partial charge in [-0.25, -0.2) is 0 Å². The maximum atomic E-state index is 12.0. The molecule has 116 valence electrons. The molecule has 2 atom stereocenters. The van der Waals surface area contributed by atoms with Gasteiger partial charge in [-0.15, -0.1) is 0 Å². The van der Waals surface area contributed by atoms with Crippen LogP contribution in [0.25, 0.3) is 0 Å². The molecule has 0 amide bonds. The topological polar surface area (TPSA) is 49.3 Å². The molecule has 3 nitrogen and oxygen atoms in total. The van der Waals surface area contributed by atoms with E-state index in [1.807, 2.05) is 37.3 Å². The number of nitrogens with one attached hydrogen (secondary N) is 1. The van der Waals surface area contributed by atoms with E-state index in [9.17, 15) is 9.90 Å². The van der Waals surface area contributed by atoms with Crippen molar-refractivity contribution in [3.05, 3.63) is 70.7 Å². The quantitative estimate of drug-likeness (QED) is 0.767. The Kier molecular flexibility index (Phi) is 6.13. The summed E-state index contributed by atoms with van der Waals surface area (Å²) in [6.45, 7) is 2.43. The number of aliphatic hydroxyl groups is 1. The van der Waals surface area contributed by atoms with Gasteiger partial charge in [0.2, 0.25) is 0 Å². The van der Waals surface area contributed by atoms with Crippen molar-refractivity contribution in [2.75, 3.05) is 6.54 Å². The zero-order valence-corrected chi connectivity index (χ0v) is 13.3. The van der Waals surface area contributed by atoms with Crippen molar-refractivity contribution in [3.8, 4) is 0 Å². The lowest BCUT2D eigenvalue weighted by Gasteiger charge is -2.20. The monoisotopic (exact) mass is 317 g/mol. The van der Waals surface area contributed by atoms with Crippen LogP contribution in [-0.4, -0.2) is 23.5 Å². The molecule has 2 N–H and O–H groups in total. The Morgan fingerprint density at radius 1 is 1.14 bits per heavy atom. The molecule has 0 aliphatic heterocycles. The molecule has 0 aromatic heterocycles. The van der Waals surface area contributed by atoms with Gasteiger partial charge in [0.15, 0.2) is 5.78 Å². The maximum Gasteiger partial charge on any atom is 0.164 e. The average molecular weight is 318 g/mol. The lowest BCUT2D eigenvalue weighted by molar-refractivity contribution is 0.0972. The lowest BCUT2D eigenvalue weighted by Crippen LogP contribution is -2.33. The zero-order valence-electron chi connectivity index (χ0n) is 12.5. The number of benzene rings is 2. The van der Waals surface area contributed by atoms with Crippen molar-refractivity contribution < 1.29 is 9.90 Å². The summed E-state index contributed by atoms with van der Waals surface area (Å²) in [4.78, 5) is 12.0. The van der Waals surface area contributed by atoms with E-state index in [2.05, 4.69) is 5.32 Å². The van der Waals surface area contributed by atoms with Gasteiger partial charge in [0.05, 0.1) is 6.10 Å². The number of hydrogen-bond donors (Lipinski definition) is 2. The molecule has 0 aliphatic rings. The van der Waals surface area contributed by atoms with Crippen LogP contribution in [0.15, 0.2) is 54.6 Å². The predicted octanol–water partition coefficient (Wildman–Crippen LogP) is 3.62. The van der Waals surface area contributed by atoms with Gasteiger partial charge >= 0.3 is 0 Å². The van der Waals surface area contributed by atoms with Gasteiger partial charge < -0.3 is 10.4 Å². The Hall–Kier alpha value is -1.68. The van der Waals surface area contributed by atoms with E-state index in [0.29, 0.717) is 23.6 Å². The van der Waals surface area contributed by atoms with E-state index in [0.717, 1.165) is 5.56 Å². The van der Waals surface area contributed by atoms with Crippen molar-refractivity contribution in [1.29, 1.82) is 0 Å². The van der Waals surface area contributed by atoms with Gasteiger partial charge in [0.25, 0.3) is 0 Å². The van der Waals surface area contributed by atoms with E-state index in [4.69, 9.17) is 11.6 Å². The fourth-order valence-corrected chi connectivity index (χ4v) is 2.37. The molecule has 0 saturated heterocycles. The van der Waals surface area contributed by atoms with E-state index in [1.165, 1.54) is 0 Å². The lowest BCUT2D eigenvalue weighted by atomic mass is 10.0. The molecule has 2 aromatic carbocycles. The van der Waals surface area contributed by atoms with E-state index < -0.39 is 6.10 Å². The molecule has 0 radical (unpaired) electrons. The summed E-state index contributed by atoms with van der Waals surface area (Å²) < 4.78 is 0. The first-order valence-corrected chi connectivity index (χ1v) is 7.71. The SMILES string of the molecule is C[C@@H](NCCC(=O)c1ccc(Cl)cc1)[C@@H](O)c1ccccc1. The molecule has 0 spiro atoms. The minimum Gasteiger partial charge on any atom is -0.387 e. The highest BCUT2D eigenvalue weighted by Gasteiger charge is 2.15. The Morgan fingerprint density at radius 2 is 1.77 bits per heavy atom. The summed E-state index contributed by atoms with van der Waals surface area (Å²) in [6, 6.07) is 16.3. The molecule has 0 aliphatic carbocycles. The van der Waals surface area contributed by atoms with Crippen LogP contribution in [0.5, 0.6) is 0 Å². The second-order valence-electron chi connectivity index (χ2n) is 5.28. The van der Waals surface area contributed by atoms with Gasteiger partial charge in [-0.2, -0.15) is 0 Å². The smallest absolute Gasteiger partial charge is 0.164 e. The molecule has 2 aromatic rings. The Morgan fingerprint density at radius 3 is 2.41 bits per heavy atom. The highest BCUT2D eigenvalue weighted by molar-refractivity contribution is 6.30. The van der Waals surface area contributed by atoms with Crippen LogP contribution in [0.4, 0.5) is 0 Å². The standard InChI is InChI=1S/C18H20ClNO2/c1-13(18(22)15-5-3-2-4-6-15)20-12-11-17(21)14-7-9-16(19)10-8-14/h2-10,13,18,20,22H,11-12H2,1H3/t13-,18-/m1/s1. The van der Waals surface area contributed by atoms with Crippen LogP contribution in [0.3, 0.4) is 0 Å². The number of hydrogen-bond acceptors (Lipinski definition) is 3. The van der Waals surface area contributed by atoms with E-state index in [-0.39, 0.29) is 11.8 Å². The first-order chi connectivity index (χ1) is 10.6. The minimum atomic E-state index is -0.591. The highest BCUT2D eigenvalue weighted by Crippen LogP contribution is 2.16. The molecular weight excluding hydrogens is 298 g/mol. The second-order valence-corrected chi connectivity index (χ2v) is 5.71. The normalized spacial score (nSPS) is 13.6. The van der Waals surface area contributed by atoms with Gasteiger partial charge in [0, 0.05) is 29.6 Å². The number of aliphatic hydroxyl groups excluding tert-OH is 1. The van der Waals surface area contributed by atoms with Crippen molar-refractivity contribution >= 4 is 17.4 Å². The summed E-state index contributed by atoms with van der Waals surface area (Å²) in [5, 5.41) is 14.1. The van der Waals surface area contributed by atoms with Crippen molar-refractivity contribution in [3.63, 3.8) is 0 Å². The van der Waals surface area contributed by atoms with Crippen LogP contribution in [-0.2, 0) is 0 Å². The third-order valence-electron chi connectivity index (χ3n) is 3.60. The predicted molar refractivity (Wildman–Crippen MR) is 89.3 cm³/mol. The summed E-state index contributed by atoms with van der Waals surface area (Å²) >= 11 is 5.80. The van der Waals surface area contributed by atoms with Crippen LogP contribution in [0, 0.1) is 0 Å². The summed E-state index contributed by atoms with van der Waals surface area (Å²) in [6.07, 6.45) is -0.208. The number of halogens is 1. The maximum absolute atomic E-state index is 12.0. The molecule has 22 heavy (non-hydrogen) atoms. The van der Waals surface area contributed by atoms with Crippen LogP contribution in [0.1, 0.15) is 35.4 Å². The Bertz CT molecular complexity index is 598. The fourth-order valence-electron chi connectivity index (χ4n) is 2.24. The van der Waals surface area contributed by atoms with Crippen molar-refractivity contribution in [2.45, 2.75) is 25.5 Å². The number of Topliss-reactive ketones (excluding diaryl/α,β-unsaturated/α-hetero) is 1.